The van der Waals surface area contributed by atoms with E-state index in [9.17, 15) is 4.79 Å². The minimum absolute atomic E-state index is 0.227. The van der Waals surface area contributed by atoms with Crippen molar-refractivity contribution in [1.82, 2.24) is 4.98 Å². The molecule has 12 heavy (non-hydrogen) atoms. The van der Waals surface area contributed by atoms with Gasteiger partial charge in [-0.25, -0.2) is 0 Å². The quantitative estimate of drug-likeness (QED) is 0.776. The number of aromatic amines is 1. The molecule has 0 aliphatic rings. The lowest BCUT2D eigenvalue weighted by atomic mass is 10.3. The van der Waals surface area contributed by atoms with Gasteiger partial charge < -0.3 is 10.1 Å². The SMILES string of the molecule is CC.O=c1[nH]cc(Br)cc1CO. The number of rotatable bonds is 1. The fourth-order valence-electron chi connectivity index (χ4n) is 0.618. The number of aliphatic hydroxyl groups excluding tert-OH is 1. The standard InChI is InChI=1S/C6H6BrNO2.C2H6/c7-5-1-4(3-9)6(10)8-2-5;1-2/h1-2,9H,3H2,(H,8,10);1-2H3. The van der Waals surface area contributed by atoms with Crippen molar-refractivity contribution in [3.8, 4) is 0 Å². The van der Waals surface area contributed by atoms with Crippen molar-refractivity contribution >= 4 is 15.9 Å². The zero-order valence-corrected chi connectivity index (χ0v) is 8.68. The van der Waals surface area contributed by atoms with Gasteiger partial charge >= 0.3 is 0 Å². The van der Waals surface area contributed by atoms with E-state index in [2.05, 4.69) is 20.9 Å². The van der Waals surface area contributed by atoms with E-state index in [0.29, 0.717) is 5.56 Å². The first-order chi connectivity index (χ1) is 5.74. The molecule has 0 aromatic carbocycles. The van der Waals surface area contributed by atoms with Gasteiger partial charge in [-0.3, -0.25) is 4.79 Å². The van der Waals surface area contributed by atoms with E-state index >= 15 is 0 Å². The summed E-state index contributed by atoms with van der Waals surface area (Å²) in [6.45, 7) is 3.77. The van der Waals surface area contributed by atoms with Crippen LogP contribution >= 0.6 is 15.9 Å². The van der Waals surface area contributed by atoms with Gasteiger partial charge in [0.25, 0.3) is 5.56 Å². The van der Waals surface area contributed by atoms with Crippen LogP contribution in [0.15, 0.2) is 21.5 Å². The first-order valence-electron chi connectivity index (χ1n) is 3.72. The number of pyridine rings is 1. The predicted molar refractivity (Wildman–Crippen MR) is 52.0 cm³/mol. The average molecular weight is 234 g/mol. The topological polar surface area (TPSA) is 53.1 Å². The van der Waals surface area contributed by atoms with Gasteiger partial charge in [0, 0.05) is 16.2 Å². The molecule has 1 aromatic heterocycles. The van der Waals surface area contributed by atoms with Crippen LogP contribution in [0.3, 0.4) is 0 Å². The molecular weight excluding hydrogens is 222 g/mol. The van der Waals surface area contributed by atoms with Gasteiger partial charge in [0.05, 0.1) is 6.61 Å². The third-order valence-electron chi connectivity index (χ3n) is 1.12. The van der Waals surface area contributed by atoms with Gasteiger partial charge in [-0.05, 0) is 22.0 Å². The summed E-state index contributed by atoms with van der Waals surface area (Å²) in [4.78, 5) is 13.2. The van der Waals surface area contributed by atoms with E-state index < -0.39 is 0 Å². The summed E-state index contributed by atoms with van der Waals surface area (Å²) < 4.78 is 0.760. The normalized spacial score (nSPS) is 8.67. The summed E-state index contributed by atoms with van der Waals surface area (Å²) in [5, 5.41) is 8.60. The monoisotopic (exact) mass is 233 g/mol. The predicted octanol–water partition coefficient (Wildman–Crippen LogP) is 1.66. The van der Waals surface area contributed by atoms with Crippen LogP contribution in [-0.4, -0.2) is 10.1 Å². The Hall–Kier alpha value is -0.610. The lowest BCUT2D eigenvalue weighted by molar-refractivity contribution is 0.280. The van der Waals surface area contributed by atoms with Gasteiger partial charge in [0.1, 0.15) is 0 Å². The smallest absolute Gasteiger partial charge is 0.253 e. The fraction of sp³-hybridized carbons (Fsp3) is 0.375. The molecule has 0 amide bonds. The second kappa shape index (κ2) is 5.97. The minimum Gasteiger partial charge on any atom is -0.391 e. The first-order valence-corrected chi connectivity index (χ1v) is 4.51. The van der Waals surface area contributed by atoms with E-state index in [-0.39, 0.29) is 12.2 Å². The Labute approximate surface area is 79.6 Å². The maximum Gasteiger partial charge on any atom is 0.253 e. The molecule has 1 heterocycles. The first kappa shape index (κ1) is 11.4. The van der Waals surface area contributed by atoms with E-state index in [0.717, 1.165) is 4.47 Å². The Morgan fingerprint density at radius 2 is 2.17 bits per heavy atom. The molecule has 0 bridgehead atoms. The molecule has 0 aliphatic heterocycles. The Morgan fingerprint density at radius 1 is 1.58 bits per heavy atom. The maximum absolute atomic E-state index is 10.8. The van der Waals surface area contributed by atoms with Gasteiger partial charge in [-0.1, -0.05) is 13.8 Å². The van der Waals surface area contributed by atoms with Crippen LogP contribution in [0.2, 0.25) is 0 Å². The third-order valence-corrected chi connectivity index (χ3v) is 1.57. The van der Waals surface area contributed by atoms with Crippen LogP contribution in [0.25, 0.3) is 0 Å². The highest BCUT2D eigenvalue weighted by atomic mass is 79.9. The number of aliphatic hydroxyl groups is 1. The lowest BCUT2D eigenvalue weighted by Crippen LogP contribution is -2.10. The summed E-state index contributed by atoms with van der Waals surface area (Å²) in [7, 11) is 0. The molecule has 0 spiro atoms. The number of halogens is 1. The zero-order valence-electron chi connectivity index (χ0n) is 7.10. The second-order valence-electron chi connectivity index (χ2n) is 1.83. The molecule has 68 valence electrons. The zero-order chi connectivity index (χ0) is 9.56. The summed E-state index contributed by atoms with van der Waals surface area (Å²) in [5.74, 6) is 0. The lowest BCUT2D eigenvalue weighted by Gasteiger charge is -1.93. The molecule has 0 saturated carbocycles. The maximum atomic E-state index is 10.8. The van der Waals surface area contributed by atoms with Gasteiger partial charge in [-0.15, -0.1) is 0 Å². The molecule has 0 atom stereocenters. The summed E-state index contributed by atoms with van der Waals surface area (Å²) in [6.07, 6.45) is 1.53. The largest absolute Gasteiger partial charge is 0.391 e. The summed E-state index contributed by atoms with van der Waals surface area (Å²) in [5.41, 5.74) is 0.125. The van der Waals surface area contributed by atoms with Crippen LogP contribution < -0.4 is 5.56 Å². The molecule has 4 heteroatoms. The van der Waals surface area contributed by atoms with E-state index in [1.807, 2.05) is 13.8 Å². The van der Waals surface area contributed by atoms with Crippen LogP contribution in [0.5, 0.6) is 0 Å². The molecule has 2 N–H and O–H groups in total. The van der Waals surface area contributed by atoms with Gasteiger partial charge in [-0.2, -0.15) is 0 Å². The molecule has 0 saturated heterocycles. The summed E-state index contributed by atoms with van der Waals surface area (Å²) >= 11 is 3.16. The van der Waals surface area contributed by atoms with E-state index in [1.165, 1.54) is 6.20 Å². The molecule has 0 unspecified atom stereocenters. The van der Waals surface area contributed by atoms with Crippen LogP contribution in [0.4, 0.5) is 0 Å². The van der Waals surface area contributed by atoms with Gasteiger partial charge in [0.2, 0.25) is 0 Å². The molecule has 0 radical (unpaired) electrons. The number of hydrogen-bond acceptors (Lipinski definition) is 2. The van der Waals surface area contributed by atoms with Crippen molar-refractivity contribution in [3.63, 3.8) is 0 Å². The Morgan fingerprint density at radius 3 is 2.58 bits per heavy atom. The Balaban J connectivity index is 0.000000561. The van der Waals surface area contributed by atoms with Crippen molar-refractivity contribution in [2.45, 2.75) is 20.5 Å². The molecule has 3 nitrogen and oxygen atoms in total. The van der Waals surface area contributed by atoms with Crippen LogP contribution in [-0.2, 0) is 6.61 Å². The third kappa shape index (κ3) is 3.19. The molecule has 0 aliphatic carbocycles. The summed E-state index contributed by atoms with van der Waals surface area (Å²) in [6, 6.07) is 1.58. The number of aromatic nitrogens is 1. The Bertz CT molecular complexity index is 283. The highest BCUT2D eigenvalue weighted by Crippen LogP contribution is 2.05. The molecule has 1 rings (SSSR count). The molecule has 1 aromatic rings. The van der Waals surface area contributed by atoms with Crippen molar-refractivity contribution in [1.29, 1.82) is 0 Å². The number of nitrogens with one attached hydrogen (secondary N) is 1. The Kier molecular flexibility index (Phi) is 5.66. The average Bonchev–Trinajstić information content (AvgIpc) is 2.13. The van der Waals surface area contributed by atoms with Crippen molar-refractivity contribution in [2.24, 2.45) is 0 Å². The second-order valence-corrected chi connectivity index (χ2v) is 2.75. The minimum atomic E-state index is -0.245. The van der Waals surface area contributed by atoms with Crippen molar-refractivity contribution in [2.75, 3.05) is 0 Å². The molecular formula is C8H12BrNO2. The van der Waals surface area contributed by atoms with Crippen LogP contribution in [0, 0.1) is 0 Å². The van der Waals surface area contributed by atoms with Crippen LogP contribution in [0.1, 0.15) is 19.4 Å². The number of hydrogen-bond donors (Lipinski definition) is 2. The number of H-pyrrole nitrogens is 1. The highest BCUT2D eigenvalue weighted by Gasteiger charge is 1.96. The van der Waals surface area contributed by atoms with E-state index in [1.54, 1.807) is 6.07 Å². The fourth-order valence-corrected chi connectivity index (χ4v) is 1.01. The molecule has 0 fully saturated rings. The van der Waals surface area contributed by atoms with Crippen molar-refractivity contribution in [3.05, 3.63) is 32.7 Å². The highest BCUT2D eigenvalue weighted by molar-refractivity contribution is 9.10. The van der Waals surface area contributed by atoms with Crippen molar-refractivity contribution < 1.29 is 5.11 Å². The van der Waals surface area contributed by atoms with Gasteiger partial charge in [0.15, 0.2) is 0 Å². The van der Waals surface area contributed by atoms with E-state index in [4.69, 9.17) is 5.11 Å².